The van der Waals surface area contributed by atoms with Gasteiger partial charge in [-0.05, 0) is 24.1 Å². The van der Waals surface area contributed by atoms with E-state index in [1.54, 1.807) is 16.8 Å². The number of carbonyl (C=O) groups is 2. The molecule has 0 aliphatic carbocycles. The van der Waals surface area contributed by atoms with Crippen LogP contribution in [-0.4, -0.2) is 21.6 Å². The third-order valence-corrected chi connectivity index (χ3v) is 4.75. The van der Waals surface area contributed by atoms with E-state index in [2.05, 4.69) is 15.7 Å². The summed E-state index contributed by atoms with van der Waals surface area (Å²) in [7, 11) is 0. The predicted octanol–water partition coefficient (Wildman–Crippen LogP) is 3.77. The molecule has 2 amide bonds. The number of anilines is 2. The minimum Gasteiger partial charge on any atom is -0.324 e. The molecule has 6 nitrogen and oxygen atoms in total. The Hall–Kier alpha value is -3.48. The Morgan fingerprint density at radius 2 is 1.89 bits per heavy atom. The van der Waals surface area contributed by atoms with E-state index >= 15 is 0 Å². The Bertz CT molecular complexity index is 1050. The van der Waals surface area contributed by atoms with Crippen LogP contribution in [0.3, 0.4) is 0 Å². The highest BCUT2D eigenvalue weighted by Gasteiger charge is 2.36. The molecule has 0 spiro atoms. The molecular weight excluding hydrogens is 359 g/mol. The Morgan fingerprint density at radius 3 is 2.61 bits per heavy atom. The Labute approximate surface area is 161 Å². The first-order valence-corrected chi connectivity index (χ1v) is 9.10. The number of hydrogen-bond acceptors (Lipinski definition) is 3. The van der Waals surface area contributed by atoms with Gasteiger partial charge in [-0.3, -0.25) is 9.59 Å². The summed E-state index contributed by atoms with van der Waals surface area (Å²) < 4.78 is 15.3. The van der Waals surface area contributed by atoms with E-state index in [0.717, 1.165) is 16.8 Å². The molecule has 28 heavy (non-hydrogen) atoms. The van der Waals surface area contributed by atoms with E-state index in [0.29, 0.717) is 12.2 Å². The third-order valence-electron chi connectivity index (χ3n) is 4.75. The van der Waals surface area contributed by atoms with Gasteiger partial charge in [-0.1, -0.05) is 49.4 Å². The molecular formula is C21H19FN4O2. The van der Waals surface area contributed by atoms with Crippen molar-refractivity contribution in [2.24, 2.45) is 0 Å². The molecule has 0 saturated carbocycles. The molecule has 142 valence electrons. The lowest BCUT2D eigenvalue weighted by Gasteiger charge is -2.10. The second kappa shape index (κ2) is 7.26. The summed E-state index contributed by atoms with van der Waals surface area (Å²) in [6.45, 7) is 1.99. The number of aromatic nitrogens is 2. The summed E-state index contributed by atoms with van der Waals surface area (Å²) in [6, 6.07) is 14.8. The molecule has 7 heteroatoms. The summed E-state index contributed by atoms with van der Waals surface area (Å²) in [5, 5.41) is 9.95. The second-order valence-electron chi connectivity index (χ2n) is 6.57. The number of nitrogens with one attached hydrogen (secondary N) is 2. The largest absolute Gasteiger partial charge is 0.324 e. The standard InChI is InChI=1S/C21H19FN4O2/c1-2-15-19(13-8-4-3-5-9-13)20-24-21(28)17(26(20)25-15)12-18(27)23-16-11-7-6-10-14(16)22/h3-11,17H,2,12H2,1H3,(H,23,27)(H,24,28). The van der Waals surface area contributed by atoms with Crippen molar-refractivity contribution >= 4 is 23.3 Å². The molecule has 0 bridgehead atoms. The first-order valence-electron chi connectivity index (χ1n) is 9.10. The predicted molar refractivity (Wildman–Crippen MR) is 104 cm³/mol. The molecule has 1 aromatic heterocycles. The first kappa shape index (κ1) is 17.9. The first-order chi connectivity index (χ1) is 13.6. The Balaban J connectivity index is 1.62. The van der Waals surface area contributed by atoms with Gasteiger partial charge in [0.1, 0.15) is 17.7 Å². The number of benzene rings is 2. The van der Waals surface area contributed by atoms with E-state index in [4.69, 9.17) is 0 Å². The summed E-state index contributed by atoms with van der Waals surface area (Å²) >= 11 is 0. The number of hydrogen-bond donors (Lipinski definition) is 2. The van der Waals surface area contributed by atoms with Gasteiger partial charge in [-0.2, -0.15) is 5.10 Å². The number of halogens is 1. The molecule has 0 radical (unpaired) electrons. The van der Waals surface area contributed by atoms with E-state index in [-0.39, 0.29) is 18.0 Å². The number of amides is 2. The van der Waals surface area contributed by atoms with Crippen LogP contribution in [0.2, 0.25) is 0 Å². The summed E-state index contributed by atoms with van der Waals surface area (Å²) in [6.07, 6.45) is 0.556. The zero-order chi connectivity index (χ0) is 19.7. The molecule has 4 rings (SSSR count). The van der Waals surface area contributed by atoms with Crippen LogP contribution < -0.4 is 10.6 Å². The molecule has 2 N–H and O–H groups in total. The van der Waals surface area contributed by atoms with Gasteiger partial charge in [0.2, 0.25) is 5.91 Å². The maximum Gasteiger partial charge on any atom is 0.251 e. The zero-order valence-electron chi connectivity index (χ0n) is 15.3. The minimum absolute atomic E-state index is 0.0887. The topological polar surface area (TPSA) is 76.0 Å². The van der Waals surface area contributed by atoms with Crippen molar-refractivity contribution in [3.63, 3.8) is 0 Å². The van der Waals surface area contributed by atoms with Crippen molar-refractivity contribution in [1.82, 2.24) is 9.78 Å². The minimum atomic E-state index is -0.774. The zero-order valence-corrected chi connectivity index (χ0v) is 15.3. The smallest absolute Gasteiger partial charge is 0.251 e. The molecule has 3 aromatic rings. The van der Waals surface area contributed by atoms with Crippen molar-refractivity contribution in [3.05, 3.63) is 66.1 Å². The fourth-order valence-electron chi connectivity index (χ4n) is 3.41. The number of carbonyl (C=O) groups excluding carboxylic acids is 2. The Kier molecular flexibility index (Phi) is 4.65. The van der Waals surface area contributed by atoms with Crippen molar-refractivity contribution in [2.45, 2.75) is 25.8 Å². The molecule has 0 fully saturated rings. The molecule has 1 unspecified atom stereocenters. The van der Waals surface area contributed by atoms with Crippen LogP contribution in [0.1, 0.15) is 25.1 Å². The molecule has 2 aromatic carbocycles. The van der Waals surface area contributed by atoms with Gasteiger partial charge < -0.3 is 10.6 Å². The van der Waals surface area contributed by atoms with Gasteiger partial charge in [0.25, 0.3) is 5.91 Å². The van der Waals surface area contributed by atoms with Crippen LogP contribution in [0.25, 0.3) is 11.1 Å². The maximum absolute atomic E-state index is 13.8. The lowest BCUT2D eigenvalue weighted by molar-refractivity contribution is -0.123. The maximum atomic E-state index is 13.8. The normalized spacial score (nSPS) is 15.2. The SMILES string of the molecule is CCc1nn2c(c1-c1ccccc1)NC(=O)C2CC(=O)Nc1ccccc1F. The molecule has 0 saturated heterocycles. The molecule has 1 aliphatic heterocycles. The number of nitrogens with zero attached hydrogens (tertiary/aromatic N) is 2. The van der Waals surface area contributed by atoms with Crippen LogP contribution in [0.15, 0.2) is 54.6 Å². The van der Waals surface area contributed by atoms with Crippen molar-refractivity contribution in [3.8, 4) is 11.1 Å². The van der Waals surface area contributed by atoms with Crippen LogP contribution in [0, 0.1) is 5.82 Å². The van der Waals surface area contributed by atoms with E-state index < -0.39 is 17.8 Å². The van der Waals surface area contributed by atoms with Gasteiger partial charge in [-0.15, -0.1) is 0 Å². The van der Waals surface area contributed by atoms with Gasteiger partial charge in [-0.25, -0.2) is 9.07 Å². The van der Waals surface area contributed by atoms with Crippen molar-refractivity contribution in [2.75, 3.05) is 10.6 Å². The fraction of sp³-hybridized carbons (Fsp3) is 0.190. The number of aryl methyl sites for hydroxylation is 1. The van der Waals surface area contributed by atoms with Crippen LogP contribution in [-0.2, 0) is 16.0 Å². The lowest BCUT2D eigenvalue weighted by Crippen LogP contribution is -2.24. The van der Waals surface area contributed by atoms with Crippen molar-refractivity contribution < 1.29 is 14.0 Å². The molecule has 2 heterocycles. The third kappa shape index (κ3) is 3.15. The molecule has 1 atom stereocenters. The van der Waals surface area contributed by atoms with E-state index in [1.807, 2.05) is 37.3 Å². The monoisotopic (exact) mass is 378 g/mol. The lowest BCUT2D eigenvalue weighted by atomic mass is 10.0. The number of fused-ring (bicyclic) bond motifs is 1. The highest BCUT2D eigenvalue weighted by atomic mass is 19.1. The summed E-state index contributed by atoms with van der Waals surface area (Å²) in [4.78, 5) is 24.9. The highest BCUT2D eigenvalue weighted by molar-refractivity contribution is 6.04. The summed E-state index contributed by atoms with van der Waals surface area (Å²) in [5.74, 6) is -0.679. The van der Waals surface area contributed by atoms with Crippen LogP contribution in [0.5, 0.6) is 0 Å². The highest BCUT2D eigenvalue weighted by Crippen LogP contribution is 2.38. The van der Waals surface area contributed by atoms with Gasteiger partial charge >= 0.3 is 0 Å². The number of para-hydroxylation sites is 1. The quantitative estimate of drug-likeness (QED) is 0.710. The Morgan fingerprint density at radius 1 is 1.18 bits per heavy atom. The van der Waals surface area contributed by atoms with Crippen molar-refractivity contribution in [1.29, 1.82) is 0 Å². The second-order valence-corrected chi connectivity index (χ2v) is 6.57. The van der Waals surface area contributed by atoms with Gasteiger partial charge in [0.15, 0.2) is 0 Å². The van der Waals surface area contributed by atoms with E-state index in [1.165, 1.54) is 12.1 Å². The van der Waals surface area contributed by atoms with Crippen LogP contribution in [0.4, 0.5) is 15.9 Å². The summed E-state index contributed by atoms with van der Waals surface area (Å²) in [5.41, 5.74) is 2.76. The van der Waals surface area contributed by atoms with Gasteiger partial charge in [0.05, 0.1) is 17.8 Å². The molecule has 1 aliphatic rings. The van der Waals surface area contributed by atoms with Crippen LogP contribution >= 0.6 is 0 Å². The van der Waals surface area contributed by atoms with E-state index in [9.17, 15) is 14.0 Å². The number of rotatable bonds is 5. The fourth-order valence-corrected chi connectivity index (χ4v) is 3.41. The van der Waals surface area contributed by atoms with Gasteiger partial charge in [0, 0.05) is 5.56 Å². The average molecular weight is 378 g/mol. The average Bonchev–Trinajstić information content (AvgIpc) is 3.20.